The molecule has 152 valence electrons. The monoisotopic (exact) mass is 396 g/mol. The molecule has 2 aromatic rings. The Bertz CT molecular complexity index is 879. The van der Waals surface area contributed by atoms with Gasteiger partial charge < -0.3 is 19.7 Å². The first-order valence-corrected chi connectivity index (χ1v) is 9.54. The lowest BCUT2D eigenvalue weighted by molar-refractivity contribution is -0.124. The van der Waals surface area contributed by atoms with E-state index in [0.29, 0.717) is 31.5 Å². The molecule has 0 spiro atoms. The van der Waals surface area contributed by atoms with E-state index in [1.165, 1.54) is 0 Å². The molecule has 1 N–H and O–H groups in total. The van der Waals surface area contributed by atoms with Crippen LogP contribution in [0, 0.1) is 0 Å². The Kier molecular flexibility index (Phi) is 6.84. The fourth-order valence-corrected chi connectivity index (χ4v) is 3.21. The van der Waals surface area contributed by atoms with E-state index < -0.39 is 5.97 Å². The van der Waals surface area contributed by atoms with Crippen molar-refractivity contribution in [1.82, 2.24) is 5.32 Å². The normalized spacial score (nSPS) is 13.3. The maximum Gasteiger partial charge on any atom is 0.338 e. The summed E-state index contributed by atoms with van der Waals surface area (Å²) in [6.07, 6.45) is 2.01. The second-order valence-corrected chi connectivity index (χ2v) is 6.68. The van der Waals surface area contributed by atoms with Crippen molar-refractivity contribution in [2.45, 2.75) is 19.3 Å². The quantitative estimate of drug-likeness (QED) is 0.693. The zero-order chi connectivity index (χ0) is 20.6. The van der Waals surface area contributed by atoms with Crippen LogP contribution in [0.1, 0.15) is 28.8 Å². The van der Waals surface area contributed by atoms with Gasteiger partial charge in [-0.1, -0.05) is 18.2 Å². The molecule has 2 aromatic carbocycles. The van der Waals surface area contributed by atoms with Gasteiger partial charge in [0.15, 0.2) is 6.61 Å². The van der Waals surface area contributed by atoms with E-state index >= 15 is 0 Å². The number of para-hydroxylation sites is 1. The summed E-state index contributed by atoms with van der Waals surface area (Å²) in [5.41, 5.74) is 2.09. The Hall–Kier alpha value is -3.35. The van der Waals surface area contributed by atoms with Gasteiger partial charge in [0.25, 0.3) is 5.91 Å². The topological polar surface area (TPSA) is 84.9 Å². The maximum atomic E-state index is 12.1. The van der Waals surface area contributed by atoms with Gasteiger partial charge in [-0.25, -0.2) is 4.79 Å². The molecular weight excluding hydrogens is 372 g/mol. The van der Waals surface area contributed by atoms with E-state index in [1.807, 2.05) is 24.3 Å². The summed E-state index contributed by atoms with van der Waals surface area (Å²) in [6.45, 7) is 0.754. The molecule has 1 fully saturated rings. The number of nitrogens with one attached hydrogen (secondary N) is 1. The zero-order valence-corrected chi connectivity index (χ0v) is 16.3. The molecule has 0 radical (unpaired) electrons. The van der Waals surface area contributed by atoms with E-state index in [9.17, 15) is 14.4 Å². The van der Waals surface area contributed by atoms with Crippen LogP contribution in [0.25, 0.3) is 0 Å². The van der Waals surface area contributed by atoms with Crippen molar-refractivity contribution < 1.29 is 23.9 Å². The Labute approximate surface area is 169 Å². The lowest BCUT2D eigenvalue weighted by Crippen LogP contribution is -2.30. The average Bonchev–Trinajstić information content (AvgIpc) is 3.18. The minimum atomic E-state index is -0.579. The van der Waals surface area contributed by atoms with Gasteiger partial charge in [-0.3, -0.25) is 9.59 Å². The molecule has 3 rings (SSSR count). The number of amides is 2. The number of esters is 1. The van der Waals surface area contributed by atoms with E-state index in [-0.39, 0.29) is 18.4 Å². The molecule has 29 heavy (non-hydrogen) atoms. The molecule has 0 saturated carbocycles. The van der Waals surface area contributed by atoms with Gasteiger partial charge in [0, 0.05) is 25.2 Å². The summed E-state index contributed by atoms with van der Waals surface area (Å²) in [6, 6.07) is 14.2. The van der Waals surface area contributed by atoms with Crippen LogP contribution < -0.4 is 15.0 Å². The number of hydrogen-bond donors (Lipinski definition) is 1. The highest BCUT2D eigenvalue weighted by Crippen LogP contribution is 2.21. The zero-order valence-electron chi connectivity index (χ0n) is 16.3. The molecule has 0 bridgehead atoms. The molecule has 1 saturated heterocycles. The lowest BCUT2D eigenvalue weighted by atomic mass is 10.1. The fraction of sp³-hybridized carbons (Fsp3) is 0.318. The minimum absolute atomic E-state index is 0.0881. The smallest absolute Gasteiger partial charge is 0.338 e. The third kappa shape index (κ3) is 5.34. The molecule has 7 nitrogen and oxygen atoms in total. The molecule has 1 heterocycles. The molecule has 0 unspecified atom stereocenters. The Morgan fingerprint density at radius 1 is 1.10 bits per heavy atom. The Balaban J connectivity index is 1.42. The van der Waals surface area contributed by atoms with E-state index in [4.69, 9.17) is 9.47 Å². The van der Waals surface area contributed by atoms with Crippen molar-refractivity contribution in [3.8, 4) is 5.75 Å². The van der Waals surface area contributed by atoms with Crippen LogP contribution in [0.15, 0.2) is 48.5 Å². The molecule has 0 aliphatic carbocycles. The van der Waals surface area contributed by atoms with Crippen molar-refractivity contribution >= 4 is 23.5 Å². The molecule has 0 aromatic heterocycles. The molecular formula is C22H24N2O5. The van der Waals surface area contributed by atoms with Gasteiger partial charge in [0.2, 0.25) is 5.91 Å². The lowest BCUT2D eigenvalue weighted by Gasteiger charge is -2.15. The highest BCUT2D eigenvalue weighted by atomic mass is 16.5. The summed E-state index contributed by atoms with van der Waals surface area (Å²) in [4.78, 5) is 37.5. The fourth-order valence-electron chi connectivity index (χ4n) is 3.21. The van der Waals surface area contributed by atoms with Crippen LogP contribution in [0.2, 0.25) is 0 Å². The second kappa shape index (κ2) is 9.73. The summed E-state index contributed by atoms with van der Waals surface area (Å²) in [7, 11) is 1.60. The molecule has 1 aliphatic rings. The minimum Gasteiger partial charge on any atom is -0.496 e. The third-order valence-corrected chi connectivity index (χ3v) is 4.73. The Morgan fingerprint density at radius 2 is 1.86 bits per heavy atom. The van der Waals surface area contributed by atoms with E-state index in [0.717, 1.165) is 23.4 Å². The van der Waals surface area contributed by atoms with Crippen LogP contribution in [-0.4, -0.2) is 44.6 Å². The van der Waals surface area contributed by atoms with Crippen LogP contribution in [0.5, 0.6) is 5.75 Å². The van der Waals surface area contributed by atoms with Crippen molar-refractivity contribution in [2.75, 3.05) is 31.7 Å². The van der Waals surface area contributed by atoms with Crippen LogP contribution in [0.3, 0.4) is 0 Å². The van der Waals surface area contributed by atoms with Crippen LogP contribution in [-0.2, 0) is 20.7 Å². The maximum absolute atomic E-state index is 12.1. The van der Waals surface area contributed by atoms with E-state index in [2.05, 4.69) is 5.32 Å². The standard InChI is InChI=1S/C22H24N2O5/c1-28-19-6-3-2-5-16(19)12-13-23-20(25)15-29-22(27)17-8-10-18(11-9-17)24-14-4-7-21(24)26/h2-3,5-6,8-11H,4,7,12-15H2,1H3,(H,23,25). The molecule has 2 amide bonds. The molecule has 0 atom stereocenters. The Morgan fingerprint density at radius 3 is 2.55 bits per heavy atom. The first kappa shape index (κ1) is 20.4. The molecule has 1 aliphatic heterocycles. The third-order valence-electron chi connectivity index (χ3n) is 4.73. The summed E-state index contributed by atoms with van der Waals surface area (Å²) >= 11 is 0. The SMILES string of the molecule is COc1ccccc1CCNC(=O)COC(=O)c1ccc(N2CCCC2=O)cc1. The molecule has 7 heteroatoms. The van der Waals surface area contributed by atoms with Gasteiger partial charge in [-0.15, -0.1) is 0 Å². The number of ether oxygens (including phenoxy) is 2. The number of carbonyl (C=O) groups is 3. The highest BCUT2D eigenvalue weighted by molar-refractivity contribution is 5.96. The van der Waals surface area contributed by atoms with Crippen molar-refractivity contribution in [3.63, 3.8) is 0 Å². The first-order valence-electron chi connectivity index (χ1n) is 9.54. The van der Waals surface area contributed by atoms with E-state index in [1.54, 1.807) is 36.3 Å². The average molecular weight is 396 g/mol. The van der Waals surface area contributed by atoms with Crippen LogP contribution in [0.4, 0.5) is 5.69 Å². The van der Waals surface area contributed by atoms with Crippen molar-refractivity contribution in [2.24, 2.45) is 0 Å². The predicted molar refractivity (Wildman–Crippen MR) is 108 cm³/mol. The predicted octanol–water partition coefficient (Wildman–Crippen LogP) is 2.34. The number of nitrogens with zero attached hydrogens (tertiary/aromatic N) is 1. The van der Waals surface area contributed by atoms with Gasteiger partial charge in [0.05, 0.1) is 12.7 Å². The number of hydrogen-bond acceptors (Lipinski definition) is 5. The largest absolute Gasteiger partial charge is 0.496 e. The first-order chi connectivity index (χ1) is 14.1. The number of benzene rings is 2. The number of methoxy groups -OCH3 is 1. The van der Waals surface area contributed by atoms with Gasteiger partial charge in [-0.2, -0.15) is 0 Å². The number of carbonyl (C=O) groups excluding carboxylic acids is 3. The van der Waals surface area contributed by atoms with Crippen molar-refractivity contribution in [1.29, 1.82) is 0 Å². The summed E-state index contributed by atoms with van der Waals surface area (Å²) < 4.78 is 10.3. The van der Waals surface area contributed by atoms with Crippen LogP contribution >= 0.6 is 0 Å². The van der Waals surface area contributed by atoms with Gasteiger partial charge in [-0.05, 0) is 48.7 Å². The van der Waals surface area contributed by atoms with Gasteiger partial charge in [0.1, 0.15) is 5.75 Å². The van der Waals surface area contributed by atoms with Crippen molar-refractivity contribution in [3.05, 3.63) is 59.7 Å². The summed E-state index contributed by atoms with van der Waals surface area (Å²) in [5, 5.41) is 2.72. The number of anilines is 1. The highest BCUT2D eigenvalue weighted by Gasteiger charge is 2.21. The summed E-state index contributed by atoms with van der Waals surface area (Å²) in [5.74, 6) is -0.0888. The second-order valence-electron chi connectivity index (χ2n) is 6.68. The van der Waals surface area contributed by atoms with Gasteiger partial charge >= 0.3 is 5.97 Å². The number of rotatable bonds is 8.